The van der Waals surface area contributed by atoms with Gasteiger partial charge in [0.15, 0.2) is 11.6 Å². The molecule has 0 unspecified atom stereocenters. The maximum absolute atomic E-state index is 14.7. The van der Waals surface area contributed by atoms with E-state index in [1.807, 2.05) is 0 Å². The van der Waals surface area contributed by atoms with Crippen LogP contribution in [-0.4, -0.2) is 21.8 Å². The molecule has 2 aromatic carbocycles. The van der Waals surface area contributed by atoms with Gasteiger partial charge in [-0.1, -0.05) is 0 Å². The second-order valence-electron chi connectivity index (χ2n) is 7.24. The maximum atomic E-state index is 14.7. The fraction of sp³-hybridized carbons (Fsp3) is 0. The van der Waals surface area contributed by atoms with Crippen LogP contribution in [0.2, 0.25) is 0 Å². The third-order valence-corrected chi connectivity index (χ3v) is 5.12. The van der Waals surface area contributed by atoms with Crippen molar-refractivity contribution in [3.63, 3.8) is 0 Å². The van der Waals surface area contributed by atoms with Gasteiger partial charge in [-0.3, -0.25) is 14.6 Å². The molecule has 2 heterocycles. The van der Waals surface area contributed by atoms with E-state index in [-0.39, 0.29) is 39.9 Å². The SMILES string of the molecule is NC(=O)c1cc(Oc2ccc(Nc3ncc(Br)cc3C(=O)Nc3ccc(F)cc3F)cc2F)ccn1. The molecule has 2 aromatic heterocycles. The van der Waals surface area contributed by atoms with Crippen molar-refractivity contribution in [3.8, 4) is 11.5 Å². The normalized spacial score (nSPS) is 10.6. The molecule has 0 aliphatic rings. The van der Waals surface area contributed by atoms with Crippen LogP contribution in [0.5, 0.6) is 11.5 Å². The zero-order chi connectivity index (χ0) is 25.8. The monoisotopic (exact) mass is 557 g/mol. The average molecular weight is 558 g/mol. The van der Waals surface area contributed by atoms with Crippen LogP contribution in [0, 0.1) is 17.5 Å². The minimum absolute atomic E-state index is 0.00426. The number of nitrogens with two attached hydrogens (primary N) is 1. The van der Waals surface area contributed by atoms with Gasteiger partial charge in [0.25, 0.3) is 11.8 Å². The van der Waals surface area contributed by atoms with Crippen molar-refractivity contribution in [2.45, 2.75) is 0 Å². The van der Waals surface area contributed by atoms with Gasteiger partial charge in [0.2, 0.25) is 0 Å². The number of pyridine rings is 2. The molecule has 4 aromatic rings. The van der Waals surface area contributed by atoms with Crippen molar-refractivity contribution in [2.24, 2.45) is 5.73 Å². The van der Waals surface area contributed by atoms with E-state index in [0.717, 1.165) is 18.2 Å². The Morgan fingerprint density at radius 2 is 1.75 bits per heavy atom. The number of nitrogens with one attached hydrogen (secondary N) is 2. The quantitative estimate of drug-likeness (QED) is 0.274. The predicted molar refractivity (Wildman–Crippen MR) is 129 cm³/mol. The van der Waals surface area contributed by atoms with Crippen LogP contribution >= 0.6 is 15.9 Å². The maximum Gasteiger partial charge on any atom is 0.267 e. The number of anilines is 3. The minimum Gasteiger partial charge on any atom is -0.454 e. The smallest absolute Gasteiger partial charge is 0.267 e. The molecule has 0 radical (unpaired) electrons. The molecule has 12 heteroatoms. The first-order chi connectivity index (χ1) is 17.2. The topological polar surface area (TPSA) is 119 Å². The molecule has 4 rings (SSSR count). The Hall–Kier alpha value is -4.45. The van der Waals surface area contributed by atoms with Gasteiger partial charge in [-0.2, -0.15) is 0 Å². The molecule has 0 saturated carbocycles. The lowest BCUT2D eigenvalue weighted by Gasteiger charge is -2.13. The lowest BCUT2D eigenvalue weighted by atomic mass is 10.2. The van der Waals surface area contributed by atoms with Crippen LogP contribution in [0.4, 0.5) is 30.4 Å². The summed E-state index contributed by atoms with van der Waals surface area (Å²) in [6.07, 6.45) is 2.71. The number of halogens is 4. The van der Waals surface area contributed by atoms with Crippen molar-refractivity contribution in [1.82, 2.24) is 9.97 Å². The van der Waals surface area contributed by atoms with E-state index in [0.29, 0.717) is 10.5 Å². The van der Waals surface area contributed by atoms with Crippen LogP contribution in [0.1, 0.15) is 20.8 Å². The summed E-state index contributed by atoms with van der Waals surface area (Å²) in [6.45, 7) is 0. The number of ether oxygens (including phenoxy) is 1. The molecule has 4 N–H and O–H groups in total. The fourth-order valence-electron chi connectivity index (χ4n) is 3.03. The summed E-state index contributed by atoms with van der Waals surface area (Å²) < 4.78 is 47.8. The first kappa shape index (κ1) is 24.7. The highest BCUT2D eigenvalue weighted by Crippen LogP contribution is 2.29. The molecule has 0 bridgehead atoms. The number of aromatic nitrogens is 2. The van der Waals surface area contributed by atoms with Crippen molar-refractivity contribution in [2.75, 3.05) is 10.6 Å². The zero-order valence-corrected chi connectivity index (χ0v) is 19.6. The van der Waals surface area contributed by atoms with E-state index in [2.05, 4.69) is 36.5 Å². The van der Waals surface area contributed by atoms with Crippen molar-refractivity contribution >= 4 is 44.9 Å². The van der Waals surface area contributed by atoms with Crippen molar-refractivity contribution in [3.05, 3.63) is 100 Å². The number of amides is 2. The molecule has 0 atom stereocenters. The number of hydrogen-bond acceptors (Lipinski definition) is 6. The van der Waals surface area contributed by atoms with Crippen LogP contribution in [0.25, 0.3) is 0 Å². The summed E-state index contributed by atoms with van der Waals surface area (Å²) in [5, 5.41) is 5.19. The van der Waals surface area contributed by atoms with E-state index in [9.17, 15) is 22.8 Å². The van der Waals surface area contributed by atoms with Crippen LogP contribution in [0.3, 0.4) is 0 Å². The Labute approximate surface area is 210 Å². The van der Waals surface area contributed by atoms with Gasteiger partial charge in [0.1, 0.15) is 28.9 Å². The highest BCUT2D eigenvalue weighted by Gasteiger charge is 2.17. The summed E-state index contributed by atoms with van der Waals surface area (Å²) in [4.78, 5) is 32.0. The van der Waals surface area contributed by atoms with Gasteiger partial charge in [-0.05, 0) is 52.3 Å². The molecule has 0 saturated heterocycles. The number of rotatable bonds is 7. The second kappa shape index (κ2) is 10.4. The van der Waals surface area contributed by atoms with E-state index in [1.54, 1.807) is 0 Å². The lowest BCUT2D eigenvalue weighted by Crippen LogP contribution is -2.16. The van der Waals surface area contributed by atoms with E-state index >= 15 is 0 Å². The van der Waals surface area contributed by atoms with Crippen LogP contribution in [0.15, 0.2) is 71.5 Å². The third-order valence-electron chi connectivity index (χ3n) is 4.68. The van der Waals surface area contributed by atoms with Crippen LogP contribution < -0.4 is 21.1 Å². The minimum atomic E-state index is -0.948. The molecule has 8 nitrogen and oxygen atoms in total. The Balaban J connectivity index is 1.55. The number of primary amides is 1. The molecule has 182 valence electrons. The number of carbonyl (C=O) groups excluding carboxylic acids is 2. The second-order valence-corrected chi connectivity index (χ2v) is 8.16. The zero-order valence-electron chi connectivity index (χ0n) is 18.1. The Kier molecular flexibility index (Phi) is 7.15. The van der Waals surface area contributed by atoms with Crippen molar-refractivity contribution in [1.29, 1.82) is 0 Å². The molecule has 0 aliphatic heterocycles. The van der Waals surface area contributed by atoms with Gasteiger partial charge >= 0.3 is 0 Å². The van der Waals surface area contributed by atoms with Crippen LogP contribution in [-0.2, 0) is 0 Å². The van der Waals surface area contributed by atoms with Crippen molar-refractivity contribution < 1.29 is 27.5 Å². The largest absolute Gasteiger partial charge is 0.454 e. The lowest BCUT2D eigenvalue weighted by molar-refractivity contribution is 0.0993. The fourth-order valence-corrected chi connectivity index (χ4v) is 3.36. The summed E-state index contributed by atoms with van der Waals surface area (Å²) in [5.41, 5.74) is 5.15. The number of hydrogen-bond donors (Lipinski definition) is 3. The first-order valence-electron chi connectivity index (χ1n) is 10.1. The highest BCUT2D eigenvalue weighted by molar-refractivity contribution is 9.10. The Bertz CT molecular complexity index is 1490. The summed E-state index contributed by atoms with van der Waals surface area (Å²) in [6, 6.07) is 10.8. The van der Waals surface area contributed by atoms with Gasteiger partial charge in [0.05, 0.1) is 11.3 Å². The molecule has 0 spiro atoms. The van der Waals surface area contributed by atoms with E-state index in [1.165, 1.54) is 42.7 Å². The summed E-state index contributed by atoms with van der Waals surface area (Å²) in [7, 11) is 0. The molecule has 36 heavy (non-hydrogen) atoms. The predicted octanol–water partition coefficient (Wildman–Crippen LogP) is 5.54. The van der Waals surface area contributed by atoms with Gasteiger partial charge in [-0.15, -0.1) is 0 Å². The standard InChI is InChI=1S/C24H15BrF3N5O3/c25-12-7-16(24(35)33-19-3-1-13(26)8-17(19)27)23(31-11-12)32-14-2-4-21(18(28)9-14)36-15-5-6-30-20(10-15)22(29)34/h1-11H,(H2,29,34)(H,31,32)(H,33,35). The number of nitrogens with zero attached hydrogens (tertiary/aromatic N) is 2. The Morgan fingerprint density at radius 1 is 0.944 bits per heavy atom. The highest BCUT2D eigenvalue weighted by atomic mass is 79.9. The third kappa shape index (κ3) is 5.78. The first-order valence-corrected chi connectivity index (χ1v) is 10.9. The van der Waals surface area contributed by atoms with E-state index in [4.69, 9.17) is 10.5 Å². The van der Waals surface area contributed by atoms with Gasteiger partial charge < -0.3 is 21.1 Å². The van der Waals surface area contributed by atoms with Gasteiger partial charge in [-0.25, -0.2) is 18.2 Å². The molecule has 2 amide bonds. The molecule has 0 aliphatic carbocycles. The molecular formula is C24H15BrF3N5O3. The summed E-state index contributed by atoms with van der Waals surface area (Å²) >= 11 is 3.22. The number of carbonyl (C=O) groups is 2. The molecule has 0 fully saturated rings. The average Bonchev–Trinajstić information content (AvgIpc) is 2.84. The molecular weight excluding hydrogens is 543 g/mol. The van der Waals surface area contributed by atoms with E-state index < -0.39 is 29.3 Å². The summed E-state index contributed by atoms with van der Waals surface area (Å²) in [5.74, 6) is -3.93. The van der Waals surface area contributed by atoms with Gasteiger partial charge in [0, 0.05) is 40.8 Å². The number of benzene rings is 2. The Morgan fingerprint density at radius 3 is 2.47 bits per heavy atom.